The molecule has 1 amide bonds. The third-order valence-corrected chi connectivity index (χ3v) is 3.62. The van der Waals surface area contributed by atoms with Crippen LogP contribution in [-0.4, -0.2) is 23.5 Å². The third-order valence-electron chi connectivity index (χ3n) is 3.62. The normalized spacial score (nSPS) is 15.9. The third kappa shape index (κ3) is 4.63. The predicted molar refractivity (Wildman–Crippen MR) is 77.6 cm³/mol. The molecule has 0 bridgehead atoms. The number of hydrogen-bond donors (Lipinski definition) is 2. The predicted octanol–water partition coefficient (Wildman–Crippen LogP) is 1.92. The van der Waals surface area contributed by atoms with Crippen molar-refractivity contribution in [2.75, 3.05) is 6.54 Å². The maximum Gasteiger partial charge on any atom is 0.224 e. The molecule has 3 unspecified atom stereocenters. The lowest BCUT2D eigenvalue weighted by Gasteiger charge is -2.23. The first kappa shape index (κ1) is 15.6. The first-order valence-corrected chi connectivity index (χ1v) is 6.86. The van der Waals surface area contributed by atoms with Crippen molar-refractivity contribution < 1.29 is 4.79 Å². The van der Waals surface area contributed by atoms with E-state index in [0.29, 0.717) is 12.5 Å². The maximum absolute atomic E-state index is 11.9. The lowest BCUT2D eigenvalue weighted by Crippen LogP contribution is -2.40. The largest absolute Gasteiger partial charge is 0.355 e. The van der Waals surface area contributed by atoms with Gasteiger partial charge in [0.1, 0.15) is 0 Å². The summed E-state index contributed by atoms with van der Waals surface area (Å²) in [4.78, 5) is 16.1. The van der Waals surface area contributed by atoms with Crippen LogP contribution in [0.15, 0.2) is 24.5 Å². The lowest BCUT2D eigenvalue weighted by molar-refractivity contribution is -0.125. The summed E-state index contributed by atoms with van der Waals surface area (Å²) >= 11 is 0. The Labute approximate surface area is 115 Å². The highest BCUT2D eigenvalue weighted by Crippen LogP contribution is 2.22. The number of aromatic nitrogens is 1. The second kappa shape index (κ2) is 7.24. The monoisotopic (exact) mass is 263 g/mol. The molecule has 0 aliphatic carbocycles. The molecule has 1 aromatic rings. The van der Waals surface area contributed by atoms with Gasteiger partial charge in [-0.3, -0.25) is 9.78 Å². The zero-order valence-corrected chi connectivity index (χ0v) is 12.3. The number of amides is 1. The SMILES string of the molecule is CC(C)C(CNC(=O)C(C)C(C)N)c1cccnc1. The Balaban J connectivity index is 2.64. The molecule has 0 aliphatic rings. The van der Waals surface area contributed by atoms with Crippen LogP contribution in [0.4, 0.5) is 0 Å². The highest BCUT2D eigenvalue weighted by atomic mass is 16.1. The molecule has 3 N–H and O–H groups in total. The highest BCUT2D eigenvalue weighted by Gasteiger charge is 2.20. The van der Waals surface area contributed by atoms with E-state index >= 15 is 0 Å². The van der Waals surface area contributed by atoms with Gasteiger partial charge < -0.3 is 11.1 Å². The Morgan fingerprint density at radius 1 is 1.37 bits per heavy atom. The molecule has 4 nitrogen and oxygen atoms in total. The fourth-order valence-electron chi connectivity index (χ4n) is 1.94. The molecular formula is C15H25N3O. The van der Waals surface area contributed by atoms with Crippen LogP contribution in [0.5, 0.6) is 0 Å². The number of nitrogens with two attached hydrogens (primary N) is 1. The van der Waals surface area contributed by atoms with E-state index in [9.17, 15) is 4.79 Å². The number of pyridine rings is 1. The van der Waals surface area contributed by atoms with Crippen LogP contribution < -0.4 is 11.1 Å². The summed E-state index contributed by atoms with van der Waals surface area (Å²) < 4.78 is 0. The molecular weight excluding hydrogens is 238 g/mol. The molecule has 0 fully saturated rings. The molecule has 106 valence electrons. The molecule has 19 heavy (non-hydrogen) atoms. The minimum Gasteiger partial charge on any atom is -0.355 e. The average molecular weight is 263 g/mol. The summed E-state index contributed by atoms with van der Waals surface area (Å²) in [5.41, 5.74) is 6.90. The minimum atomic E-state index is -0.165. The molecule has 0 aliphatic heterocycles. The molecule has 3 atom stereocenters. The van der Waals surface area contributed by atoms with Crippen LogP contribution in [0, 0.1) is 11.8 Å². The van der Waals surface area contributed by atoms with Crippen molar-refractivity contribution >= 4 is 5.91 Å². The number of nitrogens with zero attached hydrogens (tertiary/aromatic N) is 1. The molecule has 0 saturated heterocycles. The van der Waals surface area contributed by atoms with Gasteiger partial charge >= 0.3 is 0 Å². The van der Waals surface area contributed by atoms with Crippen molar-refractivity contribution in [2.45, 2.75) is 39.7 Å². The Hall–Kier alpha value is -1.42. The van der Waals surface area contributed by atoms with Gasteiger partial charge in [-0.15, -0.1) is 0 Å². The zero-order chi connectivity index (χ0) is 14.4. The van der Waals surface area contributed by atoms with Gasteiger partial charge in [-0.2, -0.15) is 0 Å². The smallest absolute Gasteiger partial charge is 0.224 e. The van der Waals surface area contributed by atoms with Gasteiger partial charge in [0.15, 0.2) is 0 Å². The van der Waals surface area contributed by atoms with Crippen LogP contribution in [0.25, 0.3) is 0 Å². The summed E-state index contributed by atoms with van der Waals surface area (Å²) in [6.07, 6.45) is 3.63. The topological polar surface area (TPSA) is 68.0 Å². The Morgan fingerprint density at radius 2 is 2.05 bits per heavy atom. The van der Waals surface area contributed by atoms with Gasteiger partial charge in [0.05, 0.1) is 0 Å². The fraction of sp³-hybridized carbons (Fsp3) is 0.600. The molecule has 4 heteroatoms. The lowest BCUT2D eigenvalue weighted by atomic mass is 9.89. The number of nitrogens with one attached hydrogen (secondary N) is 1. The van der Waals surface area contributed by atoms with Crippen LogP contribution in [0.1, 0.15) is 39.2 Å². The van der Waals surface area contributed by atoms with Gasteiger partial charge in [-0.25, -0.2) is 0 Å². The van der Waals surface area contributed by atoms with Gasteiger partial charge in [0.2, 0.25) is 5.91 Å². The summed E-state index contributed by atoms with van der Waals surface area (Å²) in [7, 11) is 0. The molecule has 0 radical (unpaired) electrons. The zero-order valence-electron chi connectivity index (χ0n) is 12.3. The summed E-state index contributed by atoms with van der Waals surface area (Å²) in [5.74, 6) is 0.569. The van der Waals surface area contributed by atoms with E-state index in [-0.39, 0.29) is 23.8 Å². The second-order valence-corrected chi connectivity index (χ2v) is 5.53. The van der Waals surface area contributed by atoms with E-state index in [1.165, 1.54) is 0 Å². The Kier molecular flexibility index (Phi) is 5.96. The standard InChI is InChI=1S/C15H25N3O/c1-10(2)14(13-6-5-7-17-8-13)9-18-15(19)11(3)12(4)16/h5-8,10-12,14H,9,16H2,1-4H3,(H,18,19). The van der Waals surface area contributed by atoms with Gasteiger partial charge in [-0.1, -0.05) is 26.8 Å². The van der Waals surface area contributed by atoms with Crippen LogP contribution in [-0.2, 0) is 4.79 Å². The minimum absolute atomic E-state index is 0.0181. The van der Waals surface area contributed by atoms with Gasteiger partial charge in [0.25, 0.3) is 0 Å². The molecule has 0 saturated carbocycles. The molecule has 0 spiro atoms. The summed E-state index contributed by atoms with van der Waals surface area (Å²) in [6.45, 7) is 8.64. The van der Waals surface area contributed by atoms with E-state index in [1.54, 1.807) is 6.20 Å². The number of rotatable bonds is 6. The first-order valence-electron chi connectivity index (χ1n) is 6.86. The summed E-state index contributed by atoms with van der Waals surface area (Å²) in [5, 5.41) is 3.00. The van der Waals surface area contributed by atoms with Crippen molar-refractivity contribution in [3.63, 3.8) is 0 Å². The van der Waals surface area contributed by atoms with Crippen molar-refractivity contribution in [2.24, 2.45) is 17.6 Å². The van der Waals surface area contributed by atoms with Crippen LogP contribution in [0.2, 0.25) is 0 Å². The number of carbonyl (C=O) groups excluding carboxylic acids is 1. The van der Waals surface area contributed by atoms with Gasteiger partial charge in [0, 0.05) is 36.8 Å². The number of hydrogen-bond acceptors (Lipinski definition) is 3. The van der Waals surface area contributed by atoms with Crippen molar-refractivity contribution in [1.29, 1.82) is 0 Å². The van der Waals surface area contributed by atoms with E-state index in [2.05, 4.69) is 30.2 Å². The maximum atomic E-state index is 11.9. The van der Waals surface area contributed by atoms with Crippen molar-refractivity contribution in [3.05, 3.63) is 30.1 Å². The number of carbonyl (C=O) groups is 1. The quantitative estimate of drug-likeness (QED) is 0.824. The van der Waals surface area contributed by atoms with E-state index in [1.807, 2.05) is 26.1 Å². The molecule has 1 aromatic heterocycles. The van der Waals surface area contributed by atoms with E-state index in [4.69, 9.17) is 5.73 Å². The van der Waals surface area contributed by atoms with Crippen molar-refractivity contribution in [1.82, 2.24) is 10.3 Å². The summed E-state index contributed by atoms with van der Waals surface area (Å²) in [6, 6.07) is 3.85. The molecule has 0 aromatic carbocycles. The fourth-order valence-corrected chi connectivity index (χ4v) is 1.94. The Morgan fingerprint density at radius 3 is 2.53 bits per heavy atom. The van der Waals surface area contributed by atoms with Crippen molar-refractivity contribution in [3.8, 4) is 0 Å². The highest BCUT2D eigenvalue weighted by molar-refractivity contribution is 5.78. The molecule has 1 rings (SSSR count). The van der Waals surface area contributed by atoms with E-state index < -0.39 is 0 Å². The van der Waals surface area contributed by atoms with Crippen LogP contribution >= 0.6 is 0 Å². The van der Waals surface area contributed by atoms with Gasteiger partial charge in [-0.05, 0) is 24.5 Å². The molecule has 1 heterocycles. The second-order valence-electron chi connectivity index (χ2n) is 5.53. The van der Waals surface area contributed by atoms with Crippen LogP contribution in [0.3, 0.4) is 0 Å². The average Bonchev–Trinajstić information content (AvgIpc) is 2.38. The van der Waals surface area contributed by atoms with E-state index in [0.717, 1.165) is 5.56 Å². The first-order chi connectivity index (χ1) is 8.93. The Bertz CT molecular complexity index is 390.